The minimum atomic E-state index is -0.134. The van der Waals surface area contributed by atoms with Crippen molar-refractivity contribution >= 4 is 23.4 Å². The van der Waals surface area contributed by atoms with E-state index in [0.717, 1.165) is 16.5 Å². The summed E-state index contributed by atoms with van der Waals surface area (Å²) in [6.45, 7) is 2.13. The Labute approximate surface area is 135 Å². The molecule has 0 saturated heterocycles. The molecule has 1 aromatic carbocycles. The number of halogens is 1. The second kappa shape index (κ2) is 6.73. The minimum Gasteiger partial charge on any atom is -0.313 e. The van der Waals surface area contributed by atoms with E-state index in [1.54, 1.807) is 6.20 Å². The van der Waals surface area contributed by atoms with Crippen molar-refractivity contribution in [3.63, 3.8) is 0 Å². The van der Waals surface area contributed by atoms with E-state index in [2.05, 4.69) is 46.5 Å². The SMILES string of the molecule is CN[C@@H](C)c1ccc(-c2ccnc3[nH]c(=O)ccc23)cc1.Cl. The number of H-pyrrole nitrogens is 1. The summed E-state index contributed by atoms with van der Waals surface area (Å²) in [6, 6.07) is 14.1. The summed E-state index contributed by atoms with van der Waals surface area (Å²) in [5.41, 5.74) is 3.91. The van der Waals surface area contributed by atoms with E-state index in [1.807, 2.05) is 19.2 Å². The third-order valence-corrected chi connectivity index (χ3v) is 3.79. The third kappa shape index (κ3) is 3.03. The molecule has 0 unspecified atom stereocenters. The van der Waals surface area contributed by atoms with Crippen LogP contribution >= 0.6 is 12.4 Å². The van der Waals surface area contributed by atoms with Gasteiger partial charge in [-0.1, -0.05) is 24.3 Å². The molecule has 0 bridgehead atoms. The van der Waals surface area contributed by atoms with Crippen LogP contribution in [-0.2, 0) is 0 Å². The molecule has 3 aromatic rings. The van der Waals surface area contributed by atoms with Crippen LogP contribution in [0.4, 0.5) is 0 Å². The van der Waals surface area contributed by atoms with Gasteiger partial charge >= 0.3 is 0 Å². The normalized spacial score (nSPS) is 11.9. The molecular formula is C17H18ClN3O. The number of hydrogen-bond acceptors (Lipinski definition) is 3. The van der Waals surface area contributed by atoms with Gasteiger partial charge in [0, 0.05) is 23.7 Å². The van der Waals surface area contributed by atoms with Crippen molar-refractivity contribution in [2.75, 3.05) is 7.05 Å². The first kappa shape index (κ1) is 16.2. The van der Waals surface area contributed by atoms with E-state index in [1.165, 1.54) is 11.6 Å². The van der Waals surface area contributed by atoms with Crippen molar-refractivity contribution in [1.82, 2.24) is 15.3 Å². The zero-order valence-electron chi connectivity index (χ0n) is 12.5. The van der Waals surface area contributed by atoms with Crippen molar-refractivity contribution in [2.24, 2.45) is 0 Å². The average Bonchev–Trinajstić information content (AvgIpc) is 2.53. The van der Waals surface area contributed by atoms with Crippen LogP contribution in [0, 0.1) is 0 Å². The highest BCUT2D eigenvalue weighted by molar-refractivity contribution is 5.92. The molecule has 0 radical (unpaired) electrons. The summed E-state index contributed by atoms with van der Waals surface area (Å²) in [5, 5.41) is 4.18. The first-order valence-electron chi connectivity index (χ1n) is 6.94. The molecule has 5 heteroatoms. The molecule has 0 aliphatic carbocycles. The Balaban J connectivity index is 0.00000176. The van der Waals surface area contributed by atoms with Crippen molar-refractivity contribution in [3.8, 4) is 11.1 Å². The largest absolute Gasteiger partial charge is 0.313 e. The lowest BCUT2D eigenvalue weighted by Gasteiger charge is -2.12. The van der Waals surface area contributed by atoms with Gasteiger partial charge in [0.05, 0.1) is 0 Å². The molecule has 4 nitrogen and oxygen atoms in total. The molecule has 22 heavy (non-hydrogen) atoms. The summed E-state index contributed by atoms with van der Waals surface area (Å²) in [7, 11) is 1.95. The van der Waals surface area contributed by atoms with Crippen molar-refractivity contribution in [2.45, 2.75) is 13.0 Å². The number of fused-ring (bicyclic) bond motifs is 1. The quantitative estimate of drug-likeness (QED) is 0.779. The van der Waals surface area contributed by atoms with Crippen LogP contribution in [0.5, 0.6) is 0 Å². The summed E-state index contributed by atoms with van der Waals surface area (Å²) in [5.74, 6) is 0. The lowest BCUT2D eigenvalue weighted by Crippen LogP contribution is -2.11. The van der Waals surface area contributed by atoms with E-state index in [4.69, 9.17) is 0 Å². The van der Waals surface area contributed by atoms with Gasteiger partial charge in [0.1, 0.15) is 5.65 Å². The number of hydrogen-bond donors (Lipinski definition) is 2. The molecule has 1 atom stereocenters. The molecule has 0 aliphatic rings. The monoisotopic (exact) mass is 315 g/mol. The number of nitrogens with one attached hydrogen (secondary N) is 2. The zero-order chi connectivity index (χ0) is 14.8. The van der Waals surface area contributed by atoms with Gasteiger partial charge in [-0.25, -0.2) is 4.98 Å². The maximum Gasteiger partial charge on any atom is 0.249 e. The molecular weight excluding hydrogens is 298 g/mol. The van der Waals surface area contributed by atoms with Crippen LogP contribution in [0.2, 0.25) is 0 Å². The maximum absolute atomic E-state index is 11.4. The van der Waals surface area contributed by atoms with E-state index in [-0.39, 0.29) is 18.0 Å². The second-order valence-corrected chi connectivity index (χ2v) is 5.08. The number of aromatic amines is 1. The van der Waals surface area contributed by atoms with Gasteiger partial charge in [-0.15, -0.1) is 12.4 Å². The molecule has 0 aliphatic heterocycles. The van der Waals surface area contributed by atoms with Gasteiger partial charge in [0.2, 0.25) is 5.56 Å². The number of benzene rings is 1. The molecule has 0 fully saturated rings. The molecule has 114 valence electrons. The van der Waals surface area contributed by atoms with E-state index < -0.39 is 0 Å². The Morgan fingerprint density at radius 2 is 1.82 bits per heavy atom. The van der Waals surface area contributed by atoms with Gasteiger partial charge in [0.25, 0.3) is 0 Å². The smallest absolute Gasteiger partial charge is 0.249 e. The highest BCUT2D eigenvalue weighted by Crippen LogP contribution is 2.27. The number of aromatic nitrogens is 2. The Morgan fingerprint density at radius 3 is 2.50 bits per heavy atom. The molecule has 2 aromatic heterocycles. The van der Waals surface area contributed by atoms with E-state index in [0.29, 0.717) is 11.7 Å². The van der Waals surface area contributed by atoms with Crippen LogP contribution in [0.1, 0.15) is 18.5 Å². The number of pyridine rings is 2. The summed E-state index contributed by atoms with van der Waals surface area (Å²) in [6.07, 6.45) is 1.72. The molecule has 0 amide bonds. The van der Waals surface area contributed by atoms with E-state index >= 15 is 0 Å². The standard InChI is InChI=1S/C17H17N3O.ClH/c1-11(18-2)12-3-5-13(6-4-12)14-9-10-19-17-15(14)7-8-16(21)20-17;/h3-11,18H,1-2H3,(H,19,20,21);1H/t11-;/m0./s1. The van der Waals surface area contributed by atoms with Gasteiger partial charge < -0.3 is 10.3 Å². The maximum atomic E-state index is 11.4. The second-order valence-electron chi connectivity index (χ2n) is 5.08. The highest BCUT2D eigenvalue weighted by atomic mass is 35.5. The van der Waals surface area contributed by atoms with Crippen molar-refractivity contribution in [3.05, 3.63) is 64.6 Å². The van der Waals surface area contributed by atoms with Crippen LogP contribution in [0.15, 0.2) is 53.5 Å². The van der Waals surface area contributed by atoms with Gasteiger partial charge in [-0.2, -0.15) is 0 Å². The topological polar surface area (TPSA) is 57.8 Å². The zero-order valence-corrected chi connectivity index (χ0v) is 13.3. The molecule has 0 saturated carbocycles. The predicted molar refractivity (Wildman–Crippen MR) is 92.5 cm³/mol. The van der Waals surface area contributed by atoms with E-state index in [9.17, 15) is 4.79 Å². The fourth-order valence-electron chi connectivity index (χ4n) is 2.43. The Morgan fingerprint density at radius 1 is 1.09 bits per heavy atom. The van der Waals surface area contributed by atoms with Crippen molar-refractivity contribution < 1.29 is 0 Å². The fourth-order valence-corrected chi connectivity index (χ4v) is 2.43. The summed E-state index contributed by atoms with van der Waals surface area (Å²) in [4.78, 5) is 18.4. The van der Waals surface area contributed by atoms with Crippen LogP contribution in [0.3, 0.4) is 0 Å². The van der Waals surface area contributed by atoms with Crippen LogP contribution < -0.4 is 10.9 Å². The molecule has 3 rings (SSSR count). The fraction of sp³-hybridized carbons (Fsp3) is 0.176. The lowest BCUT2D eigenvalue weighted by molar-refractivity contribution is 0.652. The molecule has 2 N–H and O–H groups in total. The lowest BCUT2D eigenvalue weighted by atomic mass is 10.00. The number of rotatable bonds is 3. The molecule has 2 heterocycles. The summed E-state index contributed by atoms with van der Waals surface area (Å²) >= 11 is 0. The summed E-state index contributed by atoms with van der Waals surface area (Å²) < 4.78 is 0. The predicted octanol–water partition coefficient (Wildman–Crippen LogP) is 3.29. The molecule has 0 spiro atoms. The van der Waals surface area contributed by atoms with Gasteiger partial charge in [0.15, 0.2) is 0 Å². The first-order chi connectivity index (χ1) is 10.2. The third-order valence-electron chi connectivity index (χ3n) is 3.79. The number of nitrogens with zero attached hydrogens (tertiary/aromatic N) is 1. The van der Waals surface area contributed by atoms with Crippen LogP contribution in [0.25, 0.3) is 22.2 Å². The average molecular weight is 316 g/mol. The Kier molecular flexibility index (Phi) is 4.96. The van der Waals surface area contributed by atoms with Crippen molar-refractivity contribution in [1.29, 1.82) is 0 Å². The van der Waals surface area contributed by atoms with Gasteiger partial charge in [-0.3, -0.25) is 4.79 Å². The first-order valence-corrected chi connectivity index (χ1v) is 6.94. The Bertz CT molecular complexity index is 827. The van der Waals surface area contributed by atoms with Crippen LogP contribution in [-0.4, -0.2) is 17.0 Å². The minimum absolute atomic E-state index is 0. The highest BCUT2D eigenvalue weighted by Gasteiger charge is 2.07. The van der Waals surface area contributed by atoms with Gasteiger partial charge in [-0.05, 0) is 42.8 Å². The Hall–Kier alpha value is -2.17.